The topological polar surface area (TPSA) is 206 Å². The summed E-state index contributed by atoms with van der Waals surface area (Å²) in [5, 5.41) is 14.1. The number of guanidine groups is 1. The van der Waals surface area contributed by atoms with Crippen molar-refractivity contribution in [2.75, 3.05) is 25.4 Å². The molecule has 1 heterocycles. The van der Waals surface area contributed by atoms with E-state index in [0.717, 1.165) is 0 Å². The van der Waals surface area contributed by atoms with Crippen LogP contribution in [-0.2, 0) is 19.2 Å². The number of hydrogen-bond acceptors (Lipinski definition) is 7. The first kappa shape index (κ1) is 24.5. The molecule has 9 N–H and O–H groups in total. The lowest BCUT2D eigenvalue weighted by atomic mass is 10.1. The van der Waals surface area contributed by atoms with Gasteiger partial charge in [0.15, 0.2) is 5.96 Å². The van der Waals surface area contributed by atoms with Crippen molar-refractivity contribution in [2.24, 2.45) is 22.2 Å². The number of rotatable bonds is 11. The Morgan fingerprint density at radius 1 is 1.24 bits per heavy atom. The van der Waals surface area contributed by atoms with Crippen molar-refractivity contribution in [3.8, 4) is 0 Å². The number of nitrogens with zero attached hydrogens (tertiary/aromatic N) is 2. The fourth-order valence-electron chi connectivity index (χ4n) is 2.84. The Kier molecular flexibility index (Phi) is 10.2. The Balaban J connectivity index is 2.66. The molecule has 0 aliphatic carbocycles. The summed E-state index contributed by atoms with van der Waals surface area (Å²) < 4.78 is 0. The fourth-order valence-corrected chi connectivity index (χ4v) is 3.01. The summed E-state index contributed by atoms with van der Waals surface area (Å²) in [6.07, 6.45) is 1.57. The average molecular weight is 432 g/mol. The van der Waals surface area contributed by atoms with E-state index in [2.05, 4.69) is 28.3 Å². The van der Waals surface area contributed by atoms with Crippen LogP contribution < -0.4 is 27.8 Å². The van der Waals surface area contributed by atoms with Gasteiger partial charge in [0.05, 0.1) is 12.6 Å². The zero-order valence-electron chi connectivity index (χ0n) is 16.0. The average Bonchev–Trinajstić information content (AvgIpc) is 3.17. The highest BCUT2D eigenvalue weighted by molar-refractivity contribution is 7.80. The summed E-state index contributed by atoms with van der Waals surface area (Å²) in [7, 11) is 0. The standard InChI is InChI=1S/C16H29N7O5S/c17-9(8-29)13(25)22-10(3-1-5-20-16(18)19)14(26)21-7-12(24)23-6-2-4-11(23)15(27)28/h9-11,29H,1-8,17H2,(H,21,26)(H,22,25)(H,27,28)(H4,18,19,20). The molecule has 164 valence electrons. The number of carbonyl (C=O) groups excluding carboxylic acids is 3. The number of hydrogen-bond donors (Lipinski definition) is 7. The van der Waals surface area contributed by atoms with E-state index >= 15 is 0 Å². The number of nitrogens with two attached hydrogens (primary N) is 3. The van der Waals surface area contributed by atoms with Gasteiger partial charge in [0.1, 0.15) is 12.1 Å². The molecule has 0 aromatic carbocycles. The van der Waals surface area contributed by atoms with Crippen LogP contribution in [0.25, 0.3) is 0 Å². The van der Waals surface area contributed by atoms with Crippen LogP contribution in [0.4, 0.5) is 0 Å². The first-order valence-electron chi connectivity index (χ1n) is 9.19. The maximum atomic E-state index is 12.5. The summed E-state index contributed by atoms with van der Waals surface area (Å²) in [5.41, 5.74) is 16.1. The van der Waals surface area contributed by atoms with Crippen molar-refractivity contribution >= 4 is 42.3 Å². The fraction of sp³-hybridized carbons (Fsp3) is 0.688. The van der Waals surface area contributed by atoms with Crippen LogP contribution in [0, 0.1) is 0 Å². The first-order valence-corrected chi connectivity index (χ1v) is 9.82. The van der Waals surface area contributed by atoms with Crippen molar-refractivity contribution < 1.29 is 24.3 Å². The number of thiol groups is 1. The van der Waals surface area contributed by atoms with E-state index in [1.807, 2.05) is 0 Å². The van der Waals surface area contributed by atoms with E-state index in [0.29, 0.717) is 25.8 Å². The minimum Gasteiger partial charge on any atom is -0.480 e. The molecule has 1 aliphatic rings. The number of aliphatic carboxylic acids is 1. The van der Waals surface area contributed by atoms with E-state index in [1.165, 1.54) is 4.90 Å². The number of aliphatic imine (C=N–C) groups is 1. The van der Waals surface area contributed by atoms with E-state index in [9.17, 15) is 19.2 Å². The molecule has 1 fully saturated rings. The second-order valence-electron chi connectivity index (χ2n) is 6.60. The van der Waals surface area contributed by atoms with Gasteiger partial charge in [-0.3, -0.25) is 19.4 Å². The van der Waals surface area contributed by atoms with E-state index in [1.54, 1.807) is 0 Å². The number of carbonyl (C=O) groups is 4. The van der Waals surface area contributed by atoms with Crippen molar-refractivity contribution in [1.82, 2.24) is 15.5 Å². The van der Waals surface area contributed by atoms with E-state index in [4.69, 9.17) is 22.3 Å². The molecule has 29 heavy (non-hydrogen) atoms. The molecule has 0 radical (unpaired) electrons. The normalized spacial score (nSPS) is 17.9. The zero-order valence-corrected chi connectivity index (χ0v) is 16.9. The number of nitrogens with one attached hydrogen (secondary N) is 2. The molecule has 13 heteroatoms. The predicted molar refractivity (Wildman–Crippen MR) is 109 cm³/mol. The third-order valence-corrected chi connectivity index (χ3v) is 4.78. The quantitative estimate of drug-likeness (QED) is 0.0773. The Hall–Kier alpha value is -2.54. The van der Waals surface area contributed by atoms with Crippen LogP contribution in [0.1, 0.15) is 25.7 Å². The SMILES string of the molecule is NC(N)=NCCCC(NC(=O)C(N)CS)C(=O)NCC(=O)N1CCCC1C(=O)O. The van der Waals surface area contributed by atoms with Crippen molar-refractivity contribution in [1.29, 1.82) is 0 Å². The van der Waals surface area contributed by atoms with Crippen molar-refractivity contribution in [2.45, 2.75) is 43.8 Å². The minimum atomic E-state index is -1.08. The van der Waals surface area contributed by atoms with Crippen LogP contribution in [0.15, 0.2) is 4.99 Å². The predicted octanol–water partition coefficient (Wildman–Crippen LogP) is -3.03. The Morgan fingerprint density at radius 3 is 2.52 bits per heavy atom. The highest BCUT2D eigenvalue weighted by atomic mass is 32.1. The molecular weight excluding hydrogens is 402 g/mol. The lowest BCUT2D eigenvalue weighted by Gasteiger charge is -2.23. The van der Waals surface area contributed by atoms with Gasteiger partial charge in [0.25, 0.3) is 0 Å². The smallest absolute Gasteiger partial charge is 0.326 e. The van der Waals surface area contributed by atoms with Crippen molar-refractivity contribution in [3.05, 3.63) is 0 Å². The molecule has 3 unspecified atom stereocenters. The van der Waals surface area contributed by atoms with Gasteiger partial charge in [0, 0.05) is 18.8 Å². The Morgan fingerprint density at radius 2 is 1.93 bits per heavy atom. The second kappa shape index (κ2) is 12.1. The zero-order chi connectivity index (χ0) is 22.0. The third kappa shape index (κ3) is 8.15. The van der Waals surface area contributed by atoms with Gasteiger partial charge in [-0.1, -0.05) is 0 Å². The molecule has 3 atom stereocenters. The number of carboxylic acid groups (broad SMARTS) is 1. The maximum Gasteiger partial charge on any atom is 0.326 e. The highest BCUT2D eigenvalue weighted by Gasteiger charge is 2.34. The highest BCUT2D eigenvalue weighted by Crippen LogP contribution is 2.17. The van der Waals surface area contributed by atoms with Crippen LogP contribution in [0.5, 0.6) is 0 Å². The monoisotopic (exact) mass is 431 g/mol. The molecule has 12 nitrogen and oxygen atoms in total. The van der Waals surface area contributed by atoms with E-state index in [-0.39, 0.29) is 31.2 Å². The number of carboxylic acids is 1. The van der Waals surface area contributed by atoms with Gasteiger partial charge in [-0.05, 0) is 25.7 Å². The molecule has 0 spiro atoms. The van der Waals surface area contributed by atoms with Crippen LogP contribution >= 0.6 is 12.6 Å². The Labute approximate surface area is 174 Å². The van der Waals surface area contributed by atoms with Gasteiger partial charge in [-0.15, -0.1) is 0 Å². The lowest BCUT2D eigenvalue weighted by Crippen LogP contribution is -2.53. The molecule has 0 saturated carbocycles. The maximum absolute atomic E-state index is 12.5. The van der Waals surface area contributed by atoms with Gasteiger partial charge in [-0.2, -0.15) is 12.6 Å². The summed E-state index contributed by atoms with van der Waals surface area (Å²) in [5.74, 6) is -2.71. The molecule has 3 amide bonds. The van der Waals surface area contributed by atoms with Crippen LogP contribution in [0.3, 0.4) is 0 Å². The van der Waals surface area contributed by atoms with Gasteiger partial charge < -0.3 is 37.8 Å². The Bertz CT molecular complexity index is 641. The molecule has 1 rings (SSSR count). The summed E-state index contributed by atoms with van der Waals surface area (Å²) in [6.45, 7) is 0.205. The van der Waals surface area contributed by atoms with Gasteiger partial charge in [-0.25, -0.2) is 4.79 Å². The summed E-state index contributed by atoms with van der Waals surface area (Å²) in [6, 6.07) is -2.74. The summed E-state index contributed by atoms with van der Waals surface area (Å²) >= 11 is 3.95. The first-order chi connectivity index (χ1) is 13.7. The number of likely N-dealkylation sites (tertiary alicyclic amines) is 1. The minimum absolute atomic E-state index is 0.0867. The molecule has 0 aromatic heterocycles. The largest absolute Gasteiger partial charge is 0.480 e. The summed E-state index contributed by atoms with van der Waals surface area (Å²) in [4.78, 5) is 53.0. The molecule has 1 saturated heterocycles. The third-order valence-electron chi connectivity index (χ3n) is 4.38. The molecule has 0 aromatic rings. The van der Waals surface area contributed by atoms with Crippen LogP contribution in [0.2, 0.25) is 0 Å². The van der Waals surface area contributed by atoms with E-state index < -0.39 is 41.8 Å². The molecule has 0 bridgehead atoms. The second-order valence-corrected chi connectivity index (χ2v) is 6.97. The van der Waals surface area contributed by atoms with Crippen LogP contribution in [-0.4, -0.2) is 83.2 Å². The lowest BCUT2D eigenvalue weighted by molar-refractivity contribution is -0.148. The van der Waals surface area contributed by atoms with Gasteiger partial charge in [0.2, 0.25) is 17.7 Å². The molecule has 1 aliphatic heterocycles. The number of amides is 3. The molecular formula is C16H29N7O5S. The van der Waals surface area contributed by atoms with Crippen molar-refractivity contribution in [3.63, 3.8) is 0 Å². The van der Waals surface area contributed by atoms with Gasteiger partial charge >= 0.3 is 5.97 Å².